The first-order valence-electron chi connectivity index (χ1n) is 8.43. The standard InChI is InChI=1S/C18H30O4/c1-12(19)22-18(5)10-7-13-16(2,3)8-6-9-17(13,4)14(18)11-15(20)21/h13-14H,6-11H2,1-5H3,(H,20,21)/t13?,14?,17-,18+/m0/s1. The third-order valence-corrected chi connectivity index (χ3v) is 6.49. The monoisotopic (exact) mass is 310 g/mol. The minimum absolute atomic E-state index is 0.0762. The number of carbonyl (C=O) groups excluding carboxylic acids is 1. The molecule has 4 heteroatoms. The molecule has 1 N–H and O–H groups in total. The molecule has 4 nitrogen and oxygen atoms in total. The van der Waals surface area contributed by atoms with Crippen molar-refractivity contribution >= 4 is 11.9 Å². The second-order valence-electron chi connectivity index (χ2n) is 8.50. The van der Waals surface area contributed by atoms with E-state index < -0.39 is 11.6 Å². The minimum atomic E-state index is -0.798. The zero-order valence-electron chi connectivity index (χ0n) is 14.6. The van der Waals surface area contributed by atoms with Crippen LogP contribution in [0, 0.1) is 22.7 Å². The molecule has 0 bridgehead atoms. The number of hydrogen-bond acceptors (Lipinski definition) is 3. The number of carboxylic acids is 1. The van der Waals surface area contributed by atoms with E-state index in [1.807, 2.05) is 6.92 Å². The molecule has 126 valence electrons. The van der Waals surface area contributed by atoms with Crippen LogP contribution in [0.5, 0.6) is 0 Å². The third kappa shape index (κ3) is 2.89. The molecular weight excluding hydrogens is 280 g/mol. The lowest BCUT2D eigenvalue weighted by Crippen LogP contribution is -2.59. The van der Waals surface area contributed by atoms with E-state index in [0.717, 1.165) is 25.7 Å². The number of aliphatic carboxylic acids is 1. The lowest BCUT2D eigenvalue weighted by atomic mass is 9.45. The van der Waals surface area contributed by atoms with E-state index in [-0.39, 0.29) is 29.1 Å². The van der Waals surface area contributed by atoms with Crippen molar-refractivity contribution in [3.63, 3.8) is 0 Å². The summed E-state index contributed by atoms with van der Waals surface area (Å²) in [7, 11) is 0. The van der Waals surface area contributed by atoms with E-state index in [0.29, 0.717) is 5.92 Å². The maximum Gasteiger partial charge on any atom is 0.303 e. The van der Waals surface area contributed by atoms with E-state index in [9.17, 15) is 14.7 Å². The van der Waals surface area contributed by atoms with Crippen molar-refractivity contribution in [2.45, 2.75) is 78.7 Å². The predicted octanol–water partition coefficient (Wildman–Crippen LogP) is 4.03. The molecule has 0 aromatic carbocycles. The molecule has 0 radical (unpaired) electrons. The van der Waals surface area contributed by atoms with Crippen LogP contribution in [-0.4, -0.2) is 22.6 Å². The number of ether oxygens (including phenoxy) is 1. The Bertz CT molecular complexity index is 470. The Morgan fingerprint density at radius 1 is 1.14 bits per heavy atom. The molecule has 0 aromatic heterocycles. The van der Waals surface area contributed by atoms with Gasteiger partial charge in [0.05, 0.1) is 6.42 Å². The molecule has 4 atom stereocenters. The molecule has 0 aliphatic heterocycles. The van der Waals surface area contributed by atoms with Gasteiger partial charge in [0.15, 0.2) is 0 Å². The molecule has 22 heavy (non-hydrogen) atoms. The highest BCUT2D eigenvalue weighted by molar-refractivity contribution is 5.68. The smallest absolute Gasteiger partial charge is 0.303 e. The fourth-order valence-corrected chi connectivity index (χ4v) is 5.68. The molecule has 2 unspecified atom stereocenters. The van der Waals surface area contributed by atoms with Gasteiger partial charge in [-0.05, 0) is 49.4 Å². The molecular formula is C18H30O4. The topological polar surface area (TPSA) is 63.6 Å². The van der Waals surface area contributed by atoms with E-state index >= 15 is 0 Å². The van der Waals surface area contributed by atoms with Crippen LogP contribution in [-0.2, 0) is 14.3 Å². The highest BCUT2D eigenvalue weighted by Crippen LogP contribution is 2.63. The molecule has 0 heterocycles. The van der Waals surface area contributed by atoms with Crippen LogP contribution in [0.3, 0.4) is 0 Å². The average molecular weight is 310 g/mol. The van der Waals surface area contributed by atoms with E-state index in [1.54, 1.807) is 0 Å². The van der Waals surface area contributed by atoms with Gasteiger partial charge in [0.25, 0.3) is 0 Å². The van der Waals surface area contributed by atoms with Gasteiger partial charge in [-0.1, -0.05) is 27.2 Å². The Morgan fingerprint density at radius 2 is 1.77 bits per heavy atom. The van der Waals surface area contributed by atoms with Crippen LogP contribution < -0.4 is 0 Å². The molecule has 0 amide bonds. The summed E-state index contributed by atoms with van der Waals surface area (Å²) in [6.07, 6.45) is 5.17. The first-order chi connectivity index (χ1) is 10.0. The number of esters is 1. The summed E-state index contributed by atoms with van der Waals surface area (Å²) in [4.78, 5) is 23.0. The molecule has 2 aliphatic rings. The van der Waals surface area contributed by atoms with Crippen molar-refractivity contribution in [3.05, 3.63) is 0 Å². The summed E-state index contributed by atoms with van der Waals surface area (Å²) in [5, 5.41) is 9.43. The molecule has 0 saturated heterocycles. The van der Waals surface area contributed by atoms with E-state index in [1.165, 1.54) is 13.3 Å². The lowest BCUT2D eigenvalue weighted by Gasteiger charge is -2.61. The van der Waals surface area contributed by atoms with E-state index in [4.69, 9.17) is 4.74 Å². The van der Waals surface area contributed by atoms with Gasteiger partial charge in [0.2, 0.25) is 0 Å². The SMILES string of the molecule is CC(=O)O[C@]1(C)CCC2C(C)(C)CCC[C@]2(C)C1CC(=O)O. The first-order valence-corrected chi connectivity index (χ1v) is 8.43. The van der Waals surface area contributed by atoms with Crippen LogP contribution in [0.25, 0.3) is 0 Å². The largest absolute Gasteiger partial charge is 0.481 e. The van der Waals surface area contributed by atoms with Crippen molar-refractivity contribution in [1.29, 1.82) is 0 Å². The second-order valence-corrected chi connectivity index (χ2v) is 8.50. The van der Waals surface area contributed by atoms with Crippen LogP contribution >= 0.6 is 0 Å². The zero-order valence-corrected chi connectivity index (χ0v) is 14.6. The summed E-state index contributed by atoms with van der Waals surface area (Å²) in [6, 6.07) is 0. The van der Waals surface area contributed by atoms with Gasteiger partial charge >= 0.3 is 11.9 Å². The summed E-state index contributed by atoms with van der Waals surface area (Å²) < 4.78 is 5.67. The Kier molecular flexibility index (Phi) is 4.35. The second kappa shape index (κ2) is 5.54. The van der Waals surface area contributed by atoms with Gasteiger partial charge in [-0.2, -0.15) is 0 Å². The number of hydrogen-bond donors (Lipinski definition) is 1. The summed E-state index contributed by atoms with van der Waals surface area (Å²) in [6.45, 7) is 10.2. The molecule has 0 spiro atoms. The average Bonchev–Trinajstić information content (AvgIpc) is 2.31. The summed E-state index contributed by atoms with van der Waals surface area (Å²) in [5.41, 5.74) is -0.521. The quantitative estimate of drug-likeness (QED) is 0.799. The maximum atomic E-state index is 11.6. The number of carbonyl (C=O) groups is 2. The highest BCUT2D eigenvalue weighted by Gasteiger charge is 2.60. The minimum Gasteiger partial charge on any atom is -0.481 e. The van der Waals surface area contributed by atoms with Crippen LogP contribution in [0.4, 0.5) is 0 Å². The fourth-order valence-electron chi connectivity index (χ4n) is 5.68. The lowest BCUT2D eigenvalue weighted by molar-refractivity contribution is -0.202. The summed E-state index contributed by atoms with van der Waals surface area (Å²) >= 11 is 0. The number of carboxylic acid groups (broad SMARTS) is 1. The molecule has 0 aromatic rings. The van der Waals surface area contributed by atoms with Crippen LogP contribution in [0.15, 0.2) is 0 Å². The van der Waals surface area contributed by atoms with Crippen LogP contribution in [0.1, 0.15) is 73.1 Å². The van der Waals surface area contributed by atoms with Crippen molar-refractivity contribution in [2.24, 2.45) is 22.7 Å². The third-order valence-electron chi connectivity index (χ3n) is 6.49. The Morgan fingerprint density at radius 3 is 2.32 bits per heavy atom. The van der Waals surface area contributed by atoms with Gasteiger partial charge < -0.3 is 9.84 Å². The summed E-state index contributed by atoms with van der Waals surface area (Å²) in [5.74, 6) is -0.745. The van der Waals surface area contributed by atoms with Crippen molar-refractivity contribution in [1.82, 2.24) is 0 Å². The van der Waals surface area contributed by atoms with Gasteiger partial charge in [0, 0.05) is 12.8 Å². The van der Waals surface area contributed by atoms with Crippen LogP contribution in [0.2, 0.25) is 0 Å². The predicted molar refractivity (Wildman–Crippen MR) is 84.4 cm³/mol. The van der Waals surface area contributed by atoms with Gasteiger partial charge in [-0.25, -0.2) is 0 Å². The van der Waals surface area contributed by atoms with Gasteiger partial charge in [-0.3, -0.25) is 9.59 Å². The van der Waals surface area contributed by atoms with Crippen molar-refractivity contribution in [3.8, 4) is 0 Å². The zero-order chi connectivity index (χ0) is 16.8. The first kappa shape index (κ1) is 17.3. The molecule has 2 fully saturated rings. The fraction of sp³-hybridized carbons (Fsp3) is 0.889. The van der Waals surface area contributed by atoms with Crippen molar-refractivity contribution in [2.75, 3.05) is 0 Å². The highest BCUT2D eigenvalue weighted by atomic mass is 16.6. The Labute approximate surface area is 133 Å². The van der Waals surface area contributed by atoms with Gasteiger partial charge in [0.1, 0.15) is 5.60 Å². The van der Waals surface area contributed by atoms with Gasteiger partial charge in [-0.15, -0.1) is 0 Å². The number of fused-ring (bicyclic) bond motifs is 1. The molecule has 2 aliphatic carbocycles. The normalized spacial score (nSPS) is 40.6. The Balaban J connectivity index is 2.43. The Hall–Kier alpha value is -1.06. The molecule has 2 saturated carbocycles. The molecule has 2 rings (SSSR count). The van der Waals surface area contributed by atoms with E-state index in [2.05, 4.69) is 20.8 Å². The maximum absolute atomic E-state index is 11.6. The number of rotatable bonds is 3. The van der Waals surface area contributed by atoms with Crippen molar-refractivity contribution < 1.29 is 19.4 Å².